The molecule has 0 saturated carbocycles. The van der Waals surface area contributed by atoms with Gasteiger partial charge >= 0.3 is 0 Å². The van der Waals surface area contributed by atoms with Crippen LogP contribution in [0.3, 0.4) is 0 Å². The lowest BCUT2D eigenvalue weighted by atomic mass is 10.1. The van der Waals surface area contributed by atoms with Crippen LogP contribution in [-0.4, -0.2) is 36.1 Å². The smallest absolute Gasteiger partial charge is 0.185 e. The van der Waals surface area contributed by atoms with Gasteiger partial charge in [-0.1, -0.05) is 18.2 Å². The molecule has 0 atom stereocenters. The van der Waals surface area contributed by atoms with Crippen LogP contribution in [0.2, 0.25) is 0 Å². The molecule has 0 bridgehead atoms. The van der Waals surface area contributed by atoms with E-state index >= 15 is 0 Å². The van der Waals surface area contributed by atoms with Crippen LogP contribution in [0.4, 0.5) is 10.9 Å². The van der Waals surface area contributed by atoms with Crippen molar-refractivity contribution in [3.8, 4) is 0 Å². The number of nitrogens with zero attached hydrogens (tertiary/aromatic N) is 4. The number of rotatable bonds is 2. The molecule has 24 heavy (non-hydrogen) atoms. The number of benzene rings is 1. The third-order valence-corrected chi connectivity index (χ3v) is 5.89. The molecular weight excluding hydrogens is 316 g/mol. The van der Waals surface area contributed by atoms with Gasteiger partial charge in [-0.25, -0.2) is 9.97 Å². The average Bonchev–Trinajstić information content (AvgIpc) is 2.93. The van der Waals surface area contributed by atoms with Gasteiger partial charge in [0, 0.05) is 36.4 Å². The van der Waals surface area contributed by atoms with Crippen LogP contribution < -0.4 is 9.80 Å². The number of piperazine rings is 1. The quantitative estimate of drug-likeness (QED) is 0.708. The van der Waals surface area contributed by atoms with E-state index < -0.39 is 0 Å². The molecule has 4 nitrogen and oxygen atoms in total. The molecule has 4 rings (SSSR count). The maximum Gasteiger partial charge on any atom is 0.185 e. The number of hydrogen-bond donors (Lipinski definition) is 0. The summed E-state index contributed by atoms with van der Waals surface area (Å²) in [4.78, 5) is 15.7. The molecule has 5 heteroatoms. The highest BCUT2D eigenvalue weighted by molar-refractivity contribution is 7.15. The van der Waals surface area contributed by atoms with Crippen molar-refractivity contribution in [2.45, 2.75) is 20.8 Å². The fourth-order valence-electron chi connectivity index (χ4n) is 3.23. The molecular formula is C19H22N4S. The first-order valence-electron chi connectivity index (χ1n) is 8.42. The molecule has 1 fully saturated rings. The van der Waals surface area contributed by atoms with Gasteiger partial charge in [0.1, 0.15) is 5.82 Å². The number of pyridine rings is 1. The highest BCUT2D eigenvalue weighted by Gasteiger charge is 2.22. The first-order chi connectivity index (χ1) is 11.6. The molecule has 0 spiro atoms. The minimum atomic E-state index is 0.990. The van der Waals surface area contributed by atoms with E-state index in [1.165, 1.54) is 15.8 Å². The van der Waals surface area contributed by atoms with Gasteiger partial charge in [-0.15, -0.1) is 11.3 Å². The van der Waals surface area contributed by atoms with Crippen LogP contribution in [0, 0.1) is 20.8 Å². The second-order valence-corrected chi connectivity index (χ2v) is 7.62. The summed E-state index contributed by atoms with van der Waals surface area (Å²) >= 11 is 1.80. The van der Waals surface area contributed by atoms with E-state index in [1.807, 2.05) is 0 Å². The van der Waals surface area contributed by atoms with E-state index in [4.69, 9.17) is 9.97 Å². The lowest BCUT2D eigenvalue weighted by molar-refractivity contribution is 0.645. The zero-order chi connectivity index (χ0) is 16.7. The summed E-state index contributed by atoms with van der Waals surface area (Å²) in [5, 5.41) is 2.37. The monoisotopic (exact) mass is 338 g/mol. The molecule has 1 aliphatic heterocycles. The van der Waals surface area contributed by atoms with Crippen LogP contribution in [0.5, 0.6) is 0 Å². The molecule has 2 aromatic heterocycles. The van der Waals surface area contributed by atoms with Crippen molar-refractivity contribution in [2.75, 3.05) is 36.0 Å². The van der Waals surface area contributed by atoms with Crippen molar-refractivity contribution in [3.05, 3.63) is 46.5 Å². The topological polar surface area (TPSA) is 32.3 Å². The number of para-hydroxylation sites is 1. The fourth-order valence-corrected chi connectivity index (χ4v) is 4.19. The third kappa shape index (κ3) is 2.73. The van der Waals surface area contributed by atoms with Crippen molar-refractivity contribution in [2.24, 2.45) is 0 Å². The molecule has 3 heterocycles. The summed E-state index contributed by atoms with van der Waals surface area (Å²) in [6.45, 7) is 10.4. The molecule has 0 unspecified atom stereocenters. The molecule has 0 amide bonds. The van der Waals surface area contributed by atoms with Gasteiger partial charge in [0.05, 0.1) is 11.2 Å². The summed E-state index contributed by atoms with van der Waals surface area (Å²) in [5.74, 6) is 1.12. The Hall–Kier alpha value is -2.14. The SMILES string of the molecule is Cc1cc2ccccc2nc1N1CCN(c2nc(C)c(C)s2)CC1. The molecule has 0 N–H and O–H groups in total. The fraction of sp³-hybridized carbons (Fsp3) is 0.368. The van der Waals surface area contributed by atoms with E-state index in [2.05, 4.69) is 60.9 Å². The van der Waals surface area contributed by atoms with Gasteiger partial charge in [-0.05, 0) is 38.5 Å². The Kier molecular flexibility index (Phi) is 3.88. The van der Waals surface area contributed by atoms with Gasteiger partial charge in [0.15, 0.2) is 5.13 Å². The van der Waals surface area contributed by atoms with Crippen LogP contribution in [-0.2, 0) is 0 Å². The summed E-state index contributed by atoms with van der Waals surface area (Å²) in [6, 6.07) is 10.6. The highest BCUT2D eigenvalue weighted by atomic mass is 32.1. The Bertz CT molecular complexity index is 859. The Balaban J connectivity index is 1.54. The molecule has 0 radical (unpaired) electrons. The normalized spacial score (nSPS) is 15.3. The van der Waals surface area contributed by atoms with Crippen molar-refractivity contribution in [1.29, 1.82) is 0 Å². The lowest BCUT2D eigenvalue weighted by Crippen LogP contribution is -2.47. The van der Waals surface area contributed by atoms with Gasteiger partial charge < -0.3 is 9.80 Å². The van der Waals surface area contributed by atoms with Crippen LogP contribution in [0.15, 0.2) is 30.3 Å². The highest BCUT2D eigenvalue weighted by Crippen LogP contribution is 2.28. The second kappa shape index (κ2) is 6.06. The summed E-state index contributed by atoms with van der Waals surface area (Å²) in [6.07, 6.45) is 0. The number of hydrogen-bond acceptors (Lipinski definition) is 5. The van der Waals surface area contributed by atoms with E-state index in [9.17, 15) is 0 Å². The van der Waals surface area contributed by atoms with Crippen molar-refractivity contribution in [3.63, 3.8) is 0 Å². The van der Waals surface area contributed by atoms with Crippen molar-refractivity contribution < 1.29 is 0 Å². The second-order valence-electron chi connectivity index (χ2n) is 6.43. The Labute approximate surface area is 146 Å². The maximum absolute atomic E-state index is 4.91. The van der Waals surface area contributed by atoms with E-state index in [0.717, 1.165) is 48.3 Å². The minimum Gasteiger partial charge on any atom is -0.353 e. The number of thiazole rings is 1. The summed E-state index contributed by atoms with van der Waals surface area (Å²) in [5.41, 5.74) is 3.49. The predicted molar refractivity (Wildman–Crippen MR) is 102 cm³/mol. The average molecular weight is 338 g/mol. The Morgan fingerprint density at radius 2 is 1.62 bits per heavy atom. The van der Waals surface area contributed by atoms with Gasteiger partial charge in [0.25, 0.3) is 0 Å². The van der Waals surface area contributed by atoms with E-state index in [0.29, 0.717) is 0 Å². The molecule has 1 aromatic carbocycles. The standard InChI is InChI=1S/C19H22N4S/c1-13-12-16-6-4-5-7-17(16)21-18(13)22-8-10-23(11-9-22)19-20-14(2)15(3)24-19/h4-7,12H,8-11H2,1-3H3. The Morgan fingerprint density at radius 3 is 2.33 bits per heavy atom. The van der Waals surface area contributed by atoms with Crippen LogP contribution >= 0.6 is 11.3 Å². The van der Waals surface area contributed by atoms with Crippen LogP contribution in [0.25, 0.3) is 10.9 Å². The number of aromatic nitrogens is 2. The largest absolute Gasteiger partial charge is 0.353 e. The van der Waals surface area contributed by atoms with E-state index in [1.54, 1.807) is 11.3 Å². The van der Waals surface area contributed by atoms with Gasteiger partial charge in [-0.2, -0.15) is 0 Å². The first-order valence-corrected chi connectivity index (χ1v) is 9.24. The van der Waals surface area contributed by atoms with Crippen molar-refractivity contribution in [1.82, 2.24) is 9.97 Å². The maximum atomic E-state index is 4.91. The molecule has 124 valence electrons. The minimum absolute atomic E-state index is 0.990. The third-order valence-electron chi connectivity index (χ3n) is 4.75. The number of fused-ring (bicyclic) bond motifs is 1. The molecule has 1 aliphatic rings. The zero-order valence-corrected chi connectivity index (χ0v) is 15.2. The predicted octanol–water partition coefficient (Wildman–Crippen LogP) is 3.94. The van der Waals surface area contributed by atoms with Crippen molar-refractivity contribution >= 4 is 33.2 Å². The molecule has 0 aliphatic carbocycles. The number of aryl methyl sites for hydroxylation is 3. The summed E-state index contributed by atoms with van der Waals surface area (Å²) < 4.78 is 0. The molecule has 1 saturated heterocycles. The summed E-state index contributed by atoms with van der Waals surface area (Å²) in [7, 11) is 0. The van der Waals surface area contributed by atoms with Crippen LogP contribution in [0.1, 0.15) is 16.1 Å². The van der Waals surface area contributed by atoms with Gasteiger partial charge in [0.2, 0.25) is 0 Å². The first kappa shape index (κ1) is 15.4. The number of anilines is 2. The lowest BCUT2D eigenvalue weighted by Gasteiger charge is -2.36. The Morgan fingerprint density at radius 1 is 0.917 bits per heavy atom. The van der Waals surface area contributed by atoms with Gasteiger partial charge in [-0.3, -0.25) is 0 Å². The molecule has 3 aromatic rings. The zero-order valence-electron chi connectivity index (χ0n) is 14.4. The van der Waals surface area contributed by atoms with E-state index in [-0.39, 0.29) is 0 Å².